The summed E-state index contributed by atoms with van der Waals surface area (Å²) in [6, 6.07) is 11.6. The minimum Gasteiger partial charge on any atom is -0.441 e. The number of piperazine rings is 1. The first kappa shape index (κ1) is 18.2. The summed E-state index contributed by atoms with van der Waals surface area (Å²) in [5.41, 5.74) is 1.62. The fourth-order valence-electron chi connectivity index (χ4n) is 3.36. The maximum absolute atomic E-state index is 12.8. The molecule has 0 N–H and O–H groups in total. The van der Waals surface area contributed by atoms with Crippen LogP contribution in [0.5, 0.6) is 0 Å². The molecule has 1 amide bonds. The molecule has 3 heterocycles. The summed E-state index contributed by atoms with van der Waals surface area (Å²) in [4.78, 5) is 30.0. The highest BCUT2D eigenvalue weighted by Gasteiger charge is 2.24. The van der Waals surface area contributed by atoms with Gasteiger partial charge < -0.3 is 14.2 Å². The van der Waals surface area contributed by atoms with Crippen LogP contribution in [0.1, 0.15) is 17.3 Å². The molecule has 7 heteroatoms. The average Bonchev–Trinajstić information content (AvgIpc) is 3.09. The van der Waals surface area contributed by atoms with Crippen molar-refractivity contribution in [2.24, 2.45) is 0 Å². The van der Waals surface area contributed by atoms with Crippen molar-refractivity contribution >= 4 is 11.7 Å². The zero-order chi connectivity index (χ0) is 19.5. The fraction of sp³-hybridized carbons (Fsp3) is 0.333. The molecule has 4 rings (SSSR count). The highest BCUT2D eigenvalue weighted by atomic mass is 16.4. The maximum Gasteiger partial charge on any atom is 0.228 e. The normalized spacial score (nSPS) is 14.4. The Bertz CT molecular complexity index is 962. The molecule has 1 aliphatic rings. The van der Waals surface area contributed by atoms with Gasteiger partial charge in [-0.25, -0.2) is 15.0 Å². The molecule has 1 aromatic carbocycles. The van der Waals surface area contributed by atoms with Gasteiger partial charge in [0.05, 0.1) is 12.1 Å². The standard InChI is InChI=1S/C21H23N5O2/c1-15-18(24-21(28-15)17-6-4-3-5-7-17)14-20(27)26-12-10-25(11-13-26)19-8-9-22-16(2)23-19/h3-9H,10-14H2,1-2H3. The monoisotopic (exact) mass is 377 g/mol. The molecular weight excluding hydrogens is 354 g/mol. The smallest absolute Gasteiger partial charge is 0.228 e. The number of amides is 1. The molecule has 1 saturated heterocycles. The second-order valence-electron chi connectivity index (χ2n) is 6.89. The number of carbonyl (C=O) groups is 1. The lowest BCUT2D eigenvalue weighted by atomic mass is 10.2. The van der Waals surface area contributed by atoms with Crippen LogP contribution < -0.4 is 4.90 Å². The van der Waals surface area contributed by atoms with E-state index in [1.54, 1.807) is 6.20 Å². The first-order valence-corrected chi connectivity index (χ1v) is 9.44. The van der Waals surface area contributed by atoms with Crippen molar-refractivity contribution in [3.05, 3.63) is 59.9 Å². The molecule has 7 nitrogen and oxygen atoms in total. The van der Waals surface area contributed by atoms with E-state index >= 15 is 0 Å². The number of aryl methyl sites for hydroxylation is 2. The van der Waals surface area contributed by atoms with E-state index in [0.29, 0.717) is 30.4 Å². The van der Waals surface area contributed by atoms with E-state index in [-0.39, 0.29) is 12.3 Å². The van der Waals surface area contributed by atoms with Crippen LogP contribution in [0.4, 0.5) is 5.82 Å². The number of benzene rings is 1. The summed E-state index contributed by atoms with van der Waals surface area (Å²) in [5.74, 6) is 3.01. The van der Waals surface area contributed by atoms with Gasteiger partial charge in [0.15, 0.2) is 0 Å². The quantitative estimate of drug-likeness (QED) is 0.696. The molecule has 0 aliphatic carbocycles. The second kappa shape index (κ2) is 7.80. The lowest BCUT2D eigenvalue weighted by Gasteiger charge is -2.35. The van der Waals surface area contributed by atoms with Crippen LogP contribution in [-0.4, -0.2) is 51.9 Å². The van der Waals surface area contributed by atoms with E-state index in [1.165, 1.54) is 0 Å². The van der Waals surface area contributed by atoms with Crippen LogP contribution >= 0.6 is 0 Å². The van der Waals surface area contributed by atoms with Gasteiger partial charge in [-0.15, -0.1) is 0 Å². The van der Waals surface area contributed by atoms with Crippen molar-refractivity contribution in [2.45, 2.75) is 20.3 Å². The van der Waals surface area contributed by atoms with Gasteiger partial charge in [0.2, 0.25) is 11.8 Å². The number of oxazole rings is 1. The van der Waals surface area contributed by atoms with Gasteiger partial charge >= 0.3 is 0 Å². The summed E-state index contributed by atoms with van der Waals surface area (Å²) < 4.78 is 5.77. The molecule has 1 aliphatic heterocycles. The summed E-state index contributed by atoms with van der Waals surface area (Å²) in [7, 11) is 0. The summed E-state index contributed by atoms with van der Waals surface area (Å²) in [6.07, 6.45) is 2.03. The second-order valence-corrected chi connectivity index (χ2v) is 6.89. The molecule has 0 saturated carbocycles. The number of rotatable bonds is 4. The number of anilines is 1. The first-order chi connectivity index (χ1) is 13.6. The van der Waals surface area contributed by atoms with E-state index < -0.39 is 0 Å². The van der Waals surface area contributed by atoms with Crippen LogP contribution in [0.25, 0.3) is 11.5 Å². The van der Waals surface area contributed by atoms with Crippen LogP contribution in [0, 0.1) is 13.8 Å². The Morgan fingerprint density at radius 1 is 1.04 bits per heavy atom. The molecule has 144 valence electrons. The third-order valence-corrected chi connectivity index (χ3v) is 4.95. The molecule has 0 spiro atoms. The van der Waals surface area contributed by atoms with Crippen molar-refractivity contribution in [3.63, 3.8) is 0 Å². The lowest BCUT2D eigenvalue weighted by Crippen LogP contribution is -2.49. The van der Waals surface area contributed by atoms with Gasteiger partial charge in [0.1, 0.15) is 17.4 Å². The van der Waals surface area contributed by atoms with Crippen molar-refractivity contribution < 1.29 is 9.21 Å². The molecule has 0 radical (unpaired) electrons. The Morgan fingerprint density at radius 2 is 1.79 bits per heavy atom. The Labute approximate surface area is 164 Å². The van der Waals surface area contributed by atoms with Gasteiger partial charge in [-0.1, -0.05) is 18.2 Å². The highest BCUT2D eigenvalue weighted by Crippen LogP contribution is 2.22. The molecule has 0 atom stereocenters. The average molecular weight is 377 g/mol. The van der Waals surface area contributed by atoms with Crippen molar-refractivity contribution in [1.29, 1.82) is 0 Å². The van der Waals surface area contributed by atoms with Crippen molar-refractivity contribution in [2.75, 3.05) is 31.1 Å². The SMILES string of the molecule is Cc1nccc(N2CCN(C(=O)Cc3nc(-c4ccccc4)oc3C)CC2)n1. The number of hydrogen-bond donors (Lipinski definition) is 0. The third-order valence-electron chi connectivity index (χ3n) is 4.95. The van der Waals surface area contributed by atoms with E-state index in [9.17, 15) is 4.79 Å². The fourth-order valence-corrected chi connectivity index (χ4v) is 3.36. The van der Waals surface area contributed by atoms with Crippen molar-refractivity contribution in [1.82, 2.24) is 19.9 Å². The Balaban J connectivity index is 1.38. The van der Waals surface area contributed by atoms with Gasteiger partial charge in [-0.3, -0.25) is 4.79 Å². The highest BCUT2D eigenvalue weighted by molar-refractivity contribution is 5.79. The Kier molecular flexibility index (Phi) is 5.06. The number of hydrogen-bond acceptors (Lipinski definition) is 6. The first-order valence-electron chi connectivity index (χ1n) is 9.44. The number of carbonyl (C=O) groups excluding carboxylic acids is 1. The lowest BCUT2D eigenvalue weighted by molar-refractivity contribution is -0.130. The van der Waals surface area contributed by atoms with E-state index in [1.807, 2.05) is 55.1 Å². The van der Waals surface area contributed by atoms with Crippen molar-refractivity contribution in [3.8, 4) is 11.5 Å². The van der Waals surface area contributed by atoms with Gasteiger partial charge in [-0.2, -0.15) is 0 Å². The van der Waals surface area contributed by atoms with Crippen LogP contribution in [0.15, 0.2) is 47.0 Å². The van der Waals surface area contributed by atoms with Crippen LogP contribution in [-0.2, 0) is 11.2 Å². The summed E-state index contributed by atoms with van der Waals surface area (Å²) in [5, 5.41) is 0. The van der Waals surface area contributed by atoms with Crippen LogP contribution in [0.3, 0.4) is 0 Å². The van der Waals surface area contributed by atoms with E-state index in [4.69, 9.17) is 4.42 Å². The summed E-state index contributed by atoms with van der Waals surface area (Å²) >= 11 is 0. The zero-order valence-electron chi connectivity index (χ0n) is 16.1. The van der Waals surface area contributed by atoms with E-state index in [0.717, 1.165) is 30.3 Å². The Morgan fingerprint density at radius 3 is 2.50 bits per heavy atom. The van der Waals surface area contributed by atoms with E-state index in [2.05, 4.69) is 19.9 Å². The number of nitrogens with zero attached hydrogens (tertiary/aromatic N) is 5. The van der Waals surface area contributed by atoms with Gasteiger partial charge in [0, 0.05) is 37.9 Å². The molecule has 0 bridgehead atoms. The van der Waals surface area contributed by atoms with Gasteiger partial charge in [-0.05, 0) is 32.0 Å². The molecular formula is C21H23N5O2. The predicted octanol–water partition coefficient (Wildman–Crippen LogP) is 2.64. The molecule has 0 unspecified atom stereocenters. The summed E-state index contributed by atoms with van der Waals surface area (Å²) in [6.45, 7) is 6.60. The largest absolute Gasteiger partial charge is 0.441 e. The third kappa shape index (κ3) is 3.88. The Hall–Kier alpha value is -3.22. The molecule has 28 heavy (non-hydrogen) atoms. The minimum atomic E-state index is 0.0783. The zero-order valence-corrected chi connectivity index (χ0v) is 16.1. The topological polar surface area (TPSA) is 75.4 Å². The molecule has 2 aromatic heterocycles. The maximum atomic E-state index is 12.8. The minimum absolute atomic E-state index is 0.0783. The number of aromatic nitrogens is 3. The predicted molar refractivity (Wildman–Crippen MR) is 106 cm³/mol. The molecule has 3 aromatic rings. The molecule has 1 fully saturated rings. The van der Waals surface area contributed by atoms with Crippen LogP contribution in [0.2, 0.25) is 0 Å². The van der Waals surface area contributed by atoms with Gasteiger partial charge in [0.25, 0.3) is 0 Å².